The van der Waals surface area contributed by atoms with E-state index in [1.165, 1.54) is 30.9 Å². The zero-order valence-corrected chi connectivity index (χ0v) is 21.3. The van der Waals surface area contributed by atoms with Gasteiger partial charge in [0.05, 0.1) is 18.5 Å². The second-order valence-electron chi connectivity index (χ2n) is 9.25. The van der Waals surface area contributed by atoms with Crippen molar-refractivity contribution in [3.8, 4) is 0 Å². The molecular weight excluding hydrogens is 477 g/mol. The summed E-state index contributed by atoms with van der Waals surface area (Å²) in [5.41, 5.74) is 3.32. The van der Waals surface area contributed by atoms with Gasteiger partial charge in [0.2, 0.25) is 10.0 Å². The second kappa shape index (κ2) is 11.7. The van der Waals surface area contributed by atoms with Gasteiger partial charge in [-0.15, -0.1) is 0 Å². The zero-order valence-electron chi connectivity index (χ0n) is 20.5. The Morgan fingerprint density at radius 2 is 1.64 bits per heavy atom. The van der Waals surface area contributed by atoms with Gasteiger partial charge in [-0.3, -0.25) is 14.0 Å². The smallest absolute Gasteiger partial charge is 0.251 e. The van der Waals surface area contributed by atoms with Gasteiger partial charge in [-0.25, -0.2) is 12.8 Å². The number of hydrogen-bond donors (Lipinski definition) is 1. The van der Waals surface area contributed by atoms with Gasteiger partial charge in [-0.1, -0.05) is 48.9 Å². The molecule has 6 nitrogen and oxygen atoms in total. The maximum Gasteiger partial charge on any atom is 0.251 e. The first kappa shape index (κ1) is 25.9. The van der Waals surface area contributed by atoms with E-state index in [-0.39, 0.29) is 18.0 Å². The summed E-state index contributed by atoms with van der Waals surface area (Å²) in [6.45, 7) is 3.46. The molecule has 1 saturated heterocycles. The van der Waals surface area contributed by atoms with Gasteiger partial charge < -0.3 is 5.32 Å². The van der Waals surface area contributed by atoms with Crippen LogP contribution < -0.4 is 9.62 Å². The lowest BCUT2D eigenvalue weighted by Gasteiger charge is -2.26. The van der Waals surface area contributed by atoms with E-state index in [2.05, 4.69) is 22.3 Å². The molecule has 1 N–H and O–H groups in total. The Kier molecular flexibility index (Phi) is 8.38. The fraction of sp³-hybridized carbons (Fsp3) is 0.321. The van der Waals surface area contributed by atoms with Crippen LogP contribution in [0.5, 0.6) is 0 Å². The average Bonchev–Trinajstić information content (AvgIpc) is 2.87. The molecule has 0 aromatic heterocycles. The first-order valence-corrected chi connectivity index (χ1v) is 14.0. The molecule has 4 rings (SSSR count). The normalized spacial score (nSPS) is 14.4. The summed E-state index contributed by atoms with van der Waals surface area (Å²) in [6, 6.07) is 20.6. The lowest BCUT2D eigenvalue weighted by atomic mass is 10.1. The third-order valence-electron chi connectivity index (χ3n) is 6.39. The Morgan fingerprint density at radius 3 is 2.33 bits per heavy atom. The van der Waals surface area contributed by atoms with Crippen LogP contribution in [0.15, 0.2) is 72.8 Å². The minimum absolute atomic E-state index is 0.134. The molecule has 1 heterocycles. The van der Waals surface area contributed by atoms with Crippen LogP contribution in [0.25, 0.3) is 0 Å². The average molecular weight is 510 g/mol. The van der Waals surface area contributed by atoms with Crippen LogP contribution in [0.3, 0.4) is 0 Å². The summed E-state index contributed by atoms with van der Waals surface area (Å²) in [6.07, 6.45) is 4.88. The van der Waals surface area contributed by atoms with E-state index >= 15 is 0 Å². The first-order valence-electron chi connectivity index (χ1n) is 12.2. The number of halogens is 1. The molecule has 3 aromatic rings. The SMILES string of the molecule is CS(=O)(=O)N(Cc1ccccc1F)c1ccc(C(=O)NCc2cccc(CN3CCCCC3)c2)cc1. The fourth-order valence-electron chi connectivity index (χ4n) is 4.46. The molecule has 0 saturated carbocycles. The number of carbonyl (C=O) groups is 1. The van der Waals surface area contributed by atoms with Crippen molar-refractivity contribution in [2.45, 2.75) is 38.9 Å². The number of likely N-dealkylation sites (tertiary alicyclic amines) is 1. The van der Waals surface area contributed by atoms with Gasteiger partial charge >= 0.3 is 0 Å². The molecule has 0 atom stereocenters. The van der Waals surface area contributed by atoms with Gasteiger partial charge in [0, 0.05) is 24.2 Å². The lowest BCUT2D eigenvalue weighted by molar-refractivity contribution is 0.0951. The molecule has 1 amide bonds. The van der Waals surface area contributed by atoms with E-state index in [4.69, 9.17) is 0 Å². The predicted molar refractivity (Wildman–Crippen MR) is 141 cm³/mol. The van der Waals surface area contributed by atoms with E-state index in [0.717, 1.165) is 35.8 Å². The summed E-state index contributed by atoms with van der Waals surface area (Å²) in [5, 5.41) is 2.94. The van der Waals surface area contributed by atoms with Gasteiger partial charge in [0.15, 0.2) is 0 Å². The van der Waals surface area contributed by atoms with Crippen molar-refractivity contribution in [1.82, 2.24) is 10.2 Å². The molecule has 1 aliphatic rings. The minimum atomic E-state index is -3.66. The fourth-order valence-corrected chi connectivity index (χ4v) is 5.34. The number of carbonyl (C=O) groups excluding carboxylic acids is 1. The number of sulfonamides is 1. The van der Waals surface area contributed by atoms with E-state index in [1.807, 2.05) is 12.1 Å². The highest BCUT2D eigenvalue weighted by atomic mass is 32.2. The van der Waals surface area contributed by atoms with E-state index < -0.39 is 15.8 Å². The van der Waals surface area contributed by atoms with Crippen molar-refractivity contribution in [3.05, 3.63) is 101 Å². The van der Waals surface area contributed by atoms with Crippen LogP contribution in [0.4, 0.5) is 10.1 Å². The number of amides is 1. The third kappa shape index (κ3) is 6.92. The molecule has 3 aromatic carbocycles. The molecular formula is C28H32FN3O3S. The Morgan fingerprint density at radius 1 is 0.944 bits per heavy atom. The minimum Gasteiger partial charge on any atom is -0.348 e. The monoisotopic (exact) mass is 509 g/mol. The highest BCUT2D eigenvalue weighted by Crippen LogP contribution is 2.22. The molecule has 190 valence electrons. The molecule has 8 heteroatoms. The molecule has 0 radical (unpaired) electrons. The van der Waals surface area contributed by atoms with Crippen molar-refractivity contribution in [3.63, 3.8) is 0 Å². The number of nitrogens with one attached hydrogen (secondary N) is 1. The molecule has 0 spiro atoms. The van der Waals surface area contributed by atoms with Gasteiger partial charge in [0.25, 0.3) is 5.91 Å². The topological polar surface area (TPSA) is 69.7 Å². The number of piperidine rings is 1. The standard InChI is InChI=1S/C28H32FN3O3S/c1-36(34,35)32(21-25-10-3-4-11-27(25)29)26-14-12-24(13-15-26)28(33)30-19-22-8-7-9-23(18-22)20-31-16-5-2-6-17-31/h3-4,7-15,18H,2,5-6,16-17,19-21H2,1H3,(H,30,33). The molecule has 0 unspecified atom stereocenters. The maximum absolute atomic E-state index is 14.1. The van der Waals surface area contributed by atoms with E-state index in [0.29, 0.717) is 17.8 Å². The second-order valence-corrected chi connectivity index (χ2v) is 11.2. The molecule has 1 fully saturated rings. The van der Waals surface area contributed by atoms with E-state index in [1.54, 1.807) is 42.5 Å². The maximum atomic E-state index is 14.1. The Hall–Kier alpha value is -3.23. The van der Waals surface area contributed by atoms with Crippen LogP contribution in [0.2, 0.25) is 0 Å². The Balaban J connectivity index is 1.39. The van der Waals surface area contributed by atoms with E-state index in [9.17, 15) is 17.6 Å². The largest absolute Gasteiger partial charge is 0.348 e. The molecule has 0 bridgehead atoms. The van der Waals surface area contributed by atoms with Crippen molar-refractivity contribution in [2.24, 2.45) is 0 Å². The predicted octanol–water partition coefficient (Wildman–Crippen LogP) is 4.71. The Labute approximate surface area is 212 Å². The number of anilines is 1. The zero-order chi connectivity index (χ0) is 25.5. The molecule has 36 heavy (non-hydrogen) atoms. The van der Waals surface area contributed by atoms with Crippen molar-refractivity contribution in [1.29, 1.82) is 0 Å². The van der Waals surface area contributed by atoms with Crippen molar-refractivity contribution < 1.29 is 17.6 Å². The van der Waals surface area contributed by atoms with Crippen LogP contribution >= 0.6 is 0 Å². The van der Waals surface area contributed by atoms with Crippen LogP contribution in [0.1, 0.15) is 46.3 Å². The number of rotatable bonds is 9. The van der Waals surface area contributed by atoms with Crippen LogP contribution in [-0.4, -0.2) is 38.6 Å². The highest BCUT2D eigenvalue weighted by molar-refractivity contribution is 7.92. The summed E-state index contributed by atoms with van der Waals surface area (Å²) >= 11 is 0. The van der Waals surface area contributed by atoms with Crippen LogP contribution in [-0.2, 0) is 29.7 Å². The highest BCUT2D eigenvalue weighted by Gasteiger charge is 2.20. The summed E-state index contributed by atoms with van der Waals surface area (Å²) < 4.78 is 40.0. The molecule has 0 aliphatic carbocycles. The van der Waals surface area contributed by atoms with Gasteiger partial charge in [0.1, 0.15) is 5.82 Å². The van der Waals surface area contributed by atoms with Gasteiger partial charge in [-0.2, -0.15) is 0 Å². The van der Waals surface area contributed by atoms with Crippen LogP contribution in [0, 0.1) is 5.82 Å². The quantitative estimate of drug-likeness (QED) is 0.454. The summed E-state index contributed by atoms with van der Waals surface area (Å²) in [5.74, 6) is -0.717. The number of hydrogen-bond acceptors (Lipinski definition) is 4. The number of nitrogens with zero attached hydrogens (tertiary/aromatic N) is 2. The first-order chi connectivity index (χ1) is 17.3. The van der Waals surface area contributed by atoms with Crippen molar-refractivity contribution in [2.75, 3.05) is 23.7 Å². The summed E-state index contributed by atoms with van der Waals surface area (Å²) in [4.78, 5) is 15.2. The lowest BCUT2D eigenvalue weighted by Crippen LogP contribution is -2.30. The summed E-state index contributed by atoms with van der Waals surface area (Å²) in [7, 11) is -3.66. The van der Waals surface area contributed by atoms with Crippen molar-refractivity contribution >= 4 is 21.6 Å². The third-order valence-corrected chi connectivity index (χ3v) is 7.53. The molecule has 1 aliphatic heterocycles. The Bertz CT molecular complexity index is 1290. The van der Waals surface area contributed by atoms with Gasteiger partial charge in [-0.05, 0) is 67.4 Å². The number of benzene rings is 3.